The molecule has 2 atom stereocenters. The Morgan fingerprint density at radius 2 is 1.90 bits per heavy atom. The van der Waals surface area contributed by atoms with E-state index in [-0.39, 0.29) is 22.2 Å². The molecule has 0 aliphatic carbocycles. The van der Waals surface area contributed by atoms with Gasteiger partial charge in [0.1, 0.15) is 11.3 Å². The highest BCUT2D eigenvalue weighted by molar-refractivity contribution is 7.93. The van der Waals surface area contributed by atoms with Crippen molar-refractivity contribution >= 4 is 21.3 Å². The topological polar surface area (TPSA) is 68.5 Å². The third-order valence-electron chi connectivity index (χ3n) is 4.87. The lowest BCUT2D eigenvalue weighted by Crippen LogP contribution is -2.36. The Kier molecular flexibility index (Phi) is 2.73. The van der Waals surface area contributed by atoms with Gasteiger partial charge in [0.05, 0.1) is 16.7 Å². The van der Waals surface area contributed by atoms with Crippen LogP contribution in [-0.4, -0.2) is 34.1 Å². The number of carbonyl (C=O) groups is 1. The molecule has 0 amide bonds. The third-order valence-corrected chi connectivity index (χ3v) is 7.59. The number of Topliss-reactive ketones (excluding diaryl/α,β-unsaturated/α-hetero) is 1. The van der Waals surface area contributed by atoms with Crippen molar-refractivity contribution < 1.29 is 13.2 Å². The first kappa shape index (κ1) is 13.0. The van der Waals surface area contributed by atoms with Crippen LogP contribution in [0.5, 0.6) is 0 Å². The van der Waals surface area contributed by atoms with E-state index in [4.69, 9.17) is 0 Å². The number of aromatic nitrogens is 2. The van der Waals surface area contributed by atoms with Crippen molar-refractivity contribution in [3.63, 3.8) is 0 Å². The monoisotopic (exact) mass is 304 g/mol. The quantitative estimate of drug-likeness (QED) is 0.794. The summed E-state index contributed by atoms with van der Waals surface area (Å²) in [5.74, 6) is -0.161. The highest BCUT2D eigenvalue weighted by Gasteiger charge is 2.48. The maximum Gasteiger partial charge on any atom is 0.184 e. The van der Waals surface area contributed by atoms with Crippen molar-refractivity contribution in [3.05, 3.63) is 36.3 Å². The van der Waals surface area contributed by atoms with E-state index in [0.717, 1.165) is 5.65 Å². The number of nitrogens with zero attached hydrogens (tertiary/aromatic N) is 2. The summed E-state index contributed by atoms with van der Waals surface area (Å²) in [5.41, 5.74) is 1.31. The Labute approximate surface area is 122 Å². The van der Waals surface area contributed by atoms with Crippen LogP contribution >= 0.6 is 0 Å². The van der Waals surface area contributed by atoms with Gasteiger partial charge in [0, 0.05) is 12.1 Å². The van der Waals surface area contributed by atoms with Gasteiger partial charge in [-0.3, -0.25) is 9.20 Å². The molecule has 4 heterocycles. The van der Waals surface area contributed by atoms with Crippen LogP contribution in [0.3, 0.4) is 0 Å². The Hall–Kier alpha value is -1.69. The molecule has 0 radical (unpaired) electrons. The molecule has 2 aliphatic heterocycles. The van der Waals surface area contributed by atoms with Crippen molar-refractivity contribution in [1.29, 1.82) is 0 Å². The number of rotatable bonds is 2. The van der Waals surface area contributed by atoms with Crippen LogP contribution in [0.4, 0.5) is 0 Å². The summed E-state index contributed by atoms with van der Waals surface area (Å²) >= 11 is 0. The zero-order valence-corrected chi connectivity index (χ0v) is 12.3. The standard InChI is InChI=1S/C15H16N2O3S/c18-15(13-9-16-14-3-1-2-6-17(13)14)10-7-11-4-5-12(8-10)21(11,19)20/h1-3,6,9-12H,4-5,7-8H2. The van der Waals surface area contributed by atoms with Gasteiger partial charge in [-0.15, -0.1) is 0 Å². The minimum absolute atomic E-state index is 0.0282. The lowest BCUT2D eigenvalue weighted by molar-refractivity contribution is 0.0899. The highest BCUT2D eigenvalue weighted by Crippen LogP contribution is 2.42. The van der Waals surface area contributed by atoms with Crippen LogP contribution < -0.4 is 0 Å². The van der Waals surface area contributed by atoms with Gasteiger partial charge < -0.3 is 0 Å². The van der Waals surface area contributed by atoms with E-state index < -0.39 is 9.84 Å². The van der Waals surface area contributed by atoms with Gasteiger partial charge in [0.15, 0.2) is 15.6 Å². The van der Waals surface area contributed by atoms with E-state index in [1.54, 1.807) is 10.6 Å². The van der Waals surface area contributed by atoms with E-state index >= 15 is 0 Å². The van der Waals surface area contributed by atoms with Crippen molar-refractivity contribution in [2.24, 2.45) is 5.92 Å². The first-order valence-electron chi connectivity index (χ1n) is 7.26. The van der Waals surface area contributed by atoms with Crippen LogP contribution in [0.1, 0.15) is 36.2 Å². The van der Waals surface area contributed by atoms with Crippen LogP contribution in [0, 0.1) is 5.92 Å². The molecule has 0 saturated carbocycles. The van der Waals surface area contributed by atoms with Crippen molar-refractivity contribution in [2.75, 3.05) is 0 Å². The number of carbonyl (C=O) groups excluding carboxylic acids is 1. The van der Waals surface area contributed by atoms with Gasteiger partial charge in [-0.1, -0.05) is 6.07 Å². The SMILES string of the molecule is O=C(c1cnc2ccccn12)C1CC2CCC(C1)S2(=O)=O. The largest absolute Gasteiger partial charge is 0.297 e. The number of sulfone groups is 1. The summed E-state index contributed by atoms with van der Waals surface area (Å²) in [5, 5.41) is -0.631. The molecule has 6 heteroatoms. The molecular weight excluding hydrogens is 288 g/mol. The van der Waals surface area contributed by atoms with Crippen molar-refractivity contribution in [2.45, 2.75) is 36.2 Å². The molecule has 5 nitrogen and oxygen atoms in total. The number of hydrogen-bond donors (Lipinski definition) is 0. The summed E-state index contributed by atoms with van der Waals surface area (Å²) in [6.45, 7) is 0. The summed E-state index contributed by atoms with van der Waals surface area (Å²) in [7, 11) is -2.98. The van der Waals surface area contributed by atoms with Gasteiger partial charge >= 0.3 is 0 Å². The number of imidazole rings is 1. The van der Waals surface area contributed by atoms with Crippen LogP contribution in [-0.2, 0) is 9.84 Å². The van der Waals surface area contributed by atoms with E-state index in [1.807, 2.05) is 24.4 Å². The molecule has 2 unspecified atom stereocenters. The Balaban J connectivity index is 1.68. The molecular formula is C15H16N2O3S. The molecule has 2 aliphatic rings. The number of pyridine rings is 1. The third kappa shape index (κ3) is 1.85. The average molecular weight is 304 g/mol. The summed E-state index contributed by atoms with van der Waals surface area (Å²) in [4.78, 5) is 17.0. The molecule has 2 bridgehead atoms. The number of hydrogen-bond acceptors (Lipinski definition) is 4. The Bertz CT molecular complexity index is 804. The van der Waals surface area contributed by atoms with Gasteiger partial charge in [0.25, 0.3) is 0 Å². The Morgan fingerprint density at radius 1 is 1.19 bits per heavy atom. The van der Waals surface area contributed by atoms with E-state index in [9.17, 15) is 13.2 Å². The predicted molar refractivity (Wildman–Crippen MR) is 78.0 cm³/mol. The molecule has 2 saturated heterocycles. The van der Waals surface area contributed by atoms with Crippen molar-refractivity contribution in [1.82, 2.24) is 9.38 Å². The first-order chi connectivity index (χ1) is 10.1. The summed E-state index contributed by atoms with van der Waals surface area (Å²) < 4.78 is 26.0. The van der Waals surface area contributed by atoms with E-state index in [0.29, 0.717) is 31.4 Å². The first-order valence-corrected chi connectivity index (χ1v) is 8.87. The van der Waals surface area contributed by atoms with Crippen LogP contribution in [0.15, 0.2) is 30.6 Å². The van der Waals surface area contributed by atoms with Gasteiger partial charge in [-0.25, -0.2) is 13.4 Å². The van der Waals surface area contributed by atoms with E-state index in [2.05, 4.69) is 4.98 Å². The lowest BCUT2D eigenvalue weighted by atomic mass is 9.93. The number of fused-ring (bicyclic) bond motifs is 3. The molecule has 2 aromatic rings. The van der Waals surface area contributed by atoms with Crippen LogP contribution in [0.25, 0.3) is 5.65 Å². The minimum Gasteiger partial charge on any atom is -0.297 e. The van der Waals surface area contributed by atoms with Gasteiger partial charge in [-0.05, 0) is 37.8 Å². The molecule has 0 aromatic carbocycles. The fourth-order valence-electron chi connectivity index (χ4n) is 3.75. The molecule has 2 aromatic heterocycles. The molecule has 2 fully saturated rings. The second kappa shape index (κ2) is 4.40. The summed E-state index contributed by atoms with van der Waals surface area (Å²) in [6, 6.07) is 5.59. The number of ketones is 1. The normalized spacial score (nSPS) is 30.6. The molecule has 0 spiro atoms. The second-order valence-corrected chi connectivity index (χ2v) is 8.53. The lowest BCUT2D eigenvalue weighted by Gasteiger charge is -2.26. The average Bonchev–Trinajstić information content (AvgIpc) is 2.90. The Morgan fingerprint density at radius 3 is 2.62 bits per heavy atom. The highest BCUT2D eigenvalue weighted by atomic mass is 32.2. The smallest absolute Gasteiger partial charge is 0.184 e. The zero-order valence-electron chi connectivity index (χ0n) is 11.5. The van der Waals surface area contributed by atoms with Gasteiger partial charge in [0.2, 0.25) is 0 Å². The zero-order chi connectivity index (χ0) is 14.6. The van der Waals surface area contributed by atoms with E-state index in [1.165, 1.54) is 0 Å². The fourth-order valence-corrected chi connectivity index (χ4v) is 6.22. The molecule has 110 valence electrons. The van der Waals surface area contributed by atoms with Gasteiger partial charge in [-0.2, -0.15) is 0 Å². The summed E-state index contributed by atoms with van der Waals surface area (Å²) in [6.07, 6.45) is 5.79. The molecule has 0 N–H and O–H groups in total. The second-order valence-electron chi connectivity index (χ2n) is 6.02. The van der Waals surface area contributed by atoms with Crippen LogP contribution in [0.2, 0.25) is 0 Å². The minimum atomic E-state index is -2.98. The fraction of sp³-hybridized carbons (Fsp3) is 0.467. The molecule has 4 rings (SSSR count). The maximum absolute atomic E-state index is 12.7. The maximum atomic E-state index is 12.7. The van der Waals surface area contributed by atoms with Crippen molar-refractivity contribution in [3.8, 4) is 0 Å². The predicted octanol–water partition coefficient (Wildman–Crippen LogP) is 1.87. The molecule has 21 heavy (non-hydrogen) atoms.